The molecule has 0 amide bonds. The molecule has 2 N–H and O–H groups in total. The highest BCUT2D eigenvalue weighted by Crippen LogP contribution is 2.55. The van der Waals surface area contributed by atoms with Crippen LogP contribution < -0.4 is 5.32 Å². The molecule has 2 saturated carbocycles. The molecule has 0 aromatic carbocycles. The van der Waals surface area contributed by atoms with Gasteiger partial charge >= 0.3 is 0 Å². The first-order valence-corrected chi connectivity index (χ1v) is 5.14. The Kier molecular flexibility index (Phi) is 2.13. The first kappa shape index (κ1) is 8.52. The number of nitrogens with one attached hydrogen (secondary N) is 1. The Morgan fingerprint density at radius 2 is 2.25 bits per heavy atom. The Hall–Kier alpha value is -0.0800. The van der Waals surface area contributed by atoms with Gasteiger partial charge in [-0.05, 0) is 38.0 Å². The Balaban J connectivity index is 1.74. The van der Waals surface area contributed by atoms with Crippen LogP contribution in [0.15, 0.2) is 0 Å². The van der Waals surface area contributed by atoms with Crippen LogP contribution in [-0.2, 0) is 0 Å². The van der Waals surface area contributed by atoms with Crippen LogP contribution in [0.2, 0.25) is 0 Å². The Bertz CT molecular complexity index is 158. The molecule has 2 atom stereocenters. The lowest BCUT2D eigenvalue weighted by molar-refractivity contribution is -0.0214. The van der Waals surface area contributed by atoms with Gasteiger partial charge in [0.05, 0.1) is 6.10 Å². The summed E-state index contributed by atoms with van der Waals surface area (Å²) >= 11 is 0. The smallest absolute Gasteiger partial charge is 0.0636 e. The molecule has 70 valence electrons. The van der Waals surface area contributed by atoms with Crippen molar-refractivity contribution < 1.29 is 5.11 Å². The fraction of sp³-hybridized carbons (Fsp3) is 1.00. The van der Waals surface area contributed by atoms with E-state index in [1.54, 1.807) is 0 Å². The third kappa shape index (κ3) is 1.27. The van der Waals surface area contributed by atoms with Gasteiger partial charge in [-0.3, -0.25) is 0 Å². The summed E-state index contributed by atoms with van der Waals surface area (Å²) in [6, 6.07) is 0.723. The minimum absolute atomic E-state index is 0.192. The van der Waals surface area contributed by atoms with Crippen LogP contribution in [0.1, 0.15) is 39.0 Å². The van der Waals surface area contributed by atoms with Gasteiger partial charge in [-0.25, -0.2) is 0 Å². The standard InChI is InChI=1S/C10H19NO/c1-8(12)7-11-9-3-6-10(9)4-2-5-10/h8-9,11-12H,2-7H2,1H3/t8-,9?/m0/s1. The zero-order valence-corrected chi connectivity index (χ0v) is 7.84. The molecule has 0 aromatic heterocycles. The lowest BCUT2D eigenvalue weighted by Gasteiger charge is -2.56. The van der Waals surface area contributed by atoms with Crippen molar-refractivity contribution in [3.8, 4) is 0 Å². The largest absolute Gasteiger partial charge is 0.392 e. The average Bonchev–Trinajstić information content (AvgIpc) is 1.80. The Morgan fingerprint density at radius 3 is 2.58 bits per heavy atom. The highest BCUT2D eigenvalue weighted by Gasteiger charge is 2.50. The third-order valence-electron chi connectivity index (χ3n) is 3.68. The van der Waals surface area contributed by atoms with Crippen molar-refractivity contribution in [1.82, 2.24) is 5.32 Å². The molecule has 0 aliphatic heterocycles. The second kappa shape index (κ2) is 3.00. The summed E-state index contributed by atoms with van der Waals surface area (Å²) < 4.78 is 0. The summed E-state index contributed by atoms with van der Waals surface area (Å²) in [6.45, 7) is 2.62. The quantitative estimate of drug-likeness (QED) is 0.667. The topological polar surface area (TPSA) is 32.3 Å². The van der Waals surface area contributed by atoms with E-state index in [1.807, 2.05) is 6.92 Å². The van der Waals surface area contributed by atoms with E-state index in [4.69, 9.17) is 5.11 Å². The van der Waals surface area contributed by atoms with Crippen molar-refractivity contribution in [3.63, 3.8) is 0 Å². The van der Waals surface area contributed by atoms with Crippen LogP contribution in [-0.4, -0.2) is 23.8 Å². The van der Waals surface area contributed by atoms with Crippen LogP contribution in [0, 0.1) is 5.41 Å². The summed E-state index contributed by atoms with van der Waals surface area (Å²) in [6.07, 6.45) is 6.82. The molecule has 2 nitrogen and oxygen atoms in total. The van der Waals surface area contributed by atoms with Crippen molar-refractivity contribution in [3.05, 3.63) is 0 Å². The van der Waals surface area contributed by atoms with Gasteiger partial charge in [-0.15, -0.1) is 0 Å². The third-order valence-corrected chi connectivity index (χ3v) is 3.68. The average molecular weight is 169 g/mol. The molecule has 0 heterocycles. The summed E-state index contributed by atoms with van der Waals surface area (Å²) in [5.41, 5.74) is 0.675. The van der Waals surface area contributed by atoms with Crippen LogP contribution in [0.4, 0.5) is 0 Å². The fourth-order valence-corrected chi connectivity index (χ4v) is 2.56. The van der Waals surface area contributed by atoms with E-state index in [9.17, 15) is 0 Å². The molecule has 0 bridgehead atoms. The molecule has 1 spiro atoms. The van der Waals surface area contributed by atoms with E-state index in [2.05, 4.69) is 5.32 Å². The van der Waals surface area contributed by atoms with Crippen LogP contribution in [0.3, 0.4) is 0 Å². The highest BCUT2D eigenvalue weighted by molar-refractivity contribution is 5.05. The van der Waals surface area contributed by atoms with Gasteiger partial charge in [0.25, 0.3) is 0 Å². The minimum atomic E-state index is -0.192. The first-order valence-electron chi connectivity index (χ1n) is 5.14. The zero-order chi connectivity index (χ0) is 8.60. The van der Waals surface area contributed by atoms with Gasteiger partial charge in [0.15, 0.2) is 0 Å². The van der Waals surface area contributed by atoms with Crippen molar-refractivity contribution in [1.29, 1.82) is 0 Å². The van der Waals surface area contributed by atoms with E-state index in [0.717, 1.165) is 12.6 Å². The highest BCUT2D eigenvalue weighted by atomic mass is 16.3. The summed E-state index contributed by atoms with van der Waals surface area (Å²) in [7, 11) is 0. The number of hydrogen-bond donors (Lipinski definition) is 2. The normalized spacial score (nSPS) is 34.0. The molecular weight excluding hydrogens is 150 g/mol. The fourth-order valence-electron chi connectivity index (χ4n) is 2.56. The van der Waals surface area contributed by atoms with Gasteiger partial charge in [-0.1, -0.05) is 6.42 Å². The van der Waals surface area contributed by atoms with Gasteiger partial charge in [0.1, 0.15) is 0 Å². The summed E-state index contributed by atoms with van der Waals surface area (Å²) in [4.78, 5) is 0. The van der Waals surface area contributed by atoms with Gasteiger partial charge in [0, 0.05) is 12.6 Å². The van der Waals surface area contributed by atoms with Crippen LogP contribution in [0.5, 0.6) is 0 Å². The van der Waals surface area contributed by atoms with Crippen molar-refractivity contribution >= 4 is 0 Å². The molecule has 2 aliphatic carbocycles. The van der Waals surface area contributed by atoms with Gasteiger partial charge < -0.3 is 10.4 Å². The molecule has 2 heteroatoms. The van der Waals surface area contributed by atoms with Crippen LogP contribution in [0.25, 0.3) is 0 Å². The molecular formula is C10H19NO. The van der Waals surface area contributed by atoms with Crippen molar-refractivity contribution in [2.75, 3.05) is 6.54 Å². The number of aliphatic hydroxyl groups is 1. The van der Waals surface area contributed by atoms with E-state index in [1.165, 1.54) is 32.1 Å². The van der Waals surface area contributed by atoms with Gasteiger partial charge in [0.2, 0.25) is 0 Å². The predicted molar refractivity (Wildman–Crippen MR) is 49.0 cm³/mol. The molecule has 0 saturated heterocycles. The van der Waals surface area contributed by atoms with E-state index < -0.39 is 0 Å². The molecule has 0 aromatic rings. The molecule has 2 rings (SSSR count). The van der Waals surface area contributed by atoms with E-state index >= 15 is 0 Å². The molecule has 2 aliphatic rings. The predicted octanol–water partition coefficient (Wildman–Crippen LogP) is 1.29. The second-order valence-electron chi connectivity index (χ2n) is 4.56. The van der Waals surface area contributed by atoms with Crippen LogP contribution >= 0.6 is 0 Å². The molecule has 0 radical (unpaired) electrons. The maximum atomic E-state index is 9.12. The molecule has 1 unspecified atom stereocenters. The lowest BCUT2D eigenvalue weighted by Crippen LogP contribution is -2.57. The van der Waals surface area contributed by atoms with E-state index in [-0.39, 0.29) is 6.10 Å². The van der Waals surface area contributed by atoms with Gasteiger partial charge in [-0.2, -0.15) is 0 Å². The number of rotatable bonds is 3. The maximum Gasteiger partial charge on any atom is 0.0636 e. The van der Waals surface area contributed by atoms with E-state index in [0.29, 0.717) is 5.41 Å². The number of aliphatic hydroxyl groups excluding tert-OH is 1. The Labute approximate surface area is 74.4 Å². The van der Waals surface area contributed by atoms with Crippen molar-refractivity contribution in [2.45, 2.75) is 51.2 Å². The summed E-state index contributed by atoms with van der Waals surface area (Å²) in [5.74, 6) is 0. The SMILES string of the molecule is C[C@H](O)CNC1CCC12CCC2. The number of hydrogen-bond acceptors (Lipinski definition) is 2. The zero-order valence-electron chi connectivity index (χ0n) is 7.84. The second-order valence-corrected chi connectivity index (χ2v) is 4.56. The monoisotopic (exact) mass is 169 g/mol. The first-order chi connectivity index (χ1) is 5.73. The summed E-state index contributed by atoms with van der Waals surface area (Å²) in [5, 5.41) is 12.6. The minimum Gasteiger partial charge on any atom is -0.392 e. The maximum absolute atomic E-state index is 9.12. The molecule has 12 heavy (non-hydrogen) atoms. The Morgan fingerprint density at radius 1 is 1.50 bits per heavy atom. The van der Waals surface area contributed by atoms with Crippen molar-refractivity contribution in [2.24, 2.45) is 5.41 Å². The molecule has 2 fully saturated rings. The lowest BCUT2D eigenvalue weighted by atomic mass is 9.53.